The van der Waals surface area contributed by atoms with E-state index in [9.17, 15) is 18.7 Å². The Bertz CT molecular complexity index is 1650. The number of aromatic carboxylic acids is 1. The molecule has 2 aromatic carbocycles. The Morgan fingerprint density at radius 1 is 1.18 bits per heavy atom. The molecule has 2 saturated heterocycles. The summed E-state index contributed by atoms with van der Waals surface area (Å²) in [5.41, 5.74) is 1.91. The monoisotopic (exact) mass is 561 g/mol. The first-order valence-electron chi connectivity index (χ1n) is 13.4. The second-order valence-corrected chi connectivity index (χ2v) is 11.8. The number of fused-ring (bicyclic) bond motifs is 3. The Balaban J connectivity index is 1.12. The molecule has 0 spiro atoms. The van der Waals surface area contributed by atoms with Crippen LogP contribution in [0.4, 0.5) is 13.9 Å². The maximum Gasteiger partial charge on any atom is 0.335 e. The lowest BCUT2D eigenvalue weighted by Crippen LogP contribution is -2.45. The molecule has 4 aromatic rings. The molecule has 2 aromatic heterocycles. The predicted octanol–water partition coefficient (Wildman–Crippen LogP) is 6.50. The van der Waals surface area contributed by atoms with Crippen molar-refractivity contribution in [2.75, 3.05) is 4.90 Å². The zero-order chi connectivity index (χ0) is 27.5. The average molecular weight is 562 g/mol. The Labute approximate surface area is 232 Å². The highest BCUT2D eigenvalue weighted by atomic mass is 32.1. The number of hydrogen-bond donors (Lipinski definition) is 1. The maximum absolute atomic E-state index is 14.6. The molecule has 2 aliphatic heterocycles. The molecular weight excluding hydrogens is 536 g/mol. The molecule has 1 N–H and O–H groups in total. The maximum atomic E-state index is 14.6. The molecule has 4 heterocycles. The fraction of sp³-hybridized carbons (Fsp3) is 0.367. The standard InChI is InChI=1S/C30H25F2N3O4S/c1-2-15-10-17(29(36)37)11-24-26(15)33-30(40-24)35-18-8-9-19(35)13-20(12-18)38-14-21-27(34-39-28(21)16-6-7-16)25-22(31)4-3-5-23(25)32/h1,3-5,10-11,16,18-20H,6-9,12-14H2,(H,36,37). The summed E-state index contributed by atoms with van der Waals surface area (Å²) in [6.45, 7) is 0.174. The van der Waals surface area contributed by atoms with E-state index >= 15 is 0 Å². The lowest BCUT2D eigenvalue weighted by molar-refractivity contribution is 0.0147. The van der Waals surface area contributed by atoms with Gasteiger partial charge in [0.2, 0.25) is 0 Å². The Kier molecular flexibility index (Phi) is 6.09. The summed E-state index contributed by atoms with van der Waals surface area (Å²) < 4.78 is 42.0. The first-order chi connectivity index (χ1) is 19.4. The number of carbonyl (C=O) groups is 1. The van der Waals surface area contributed by atoms with Gasteiger partial charge in [-0.25, -0.2) is 18.6 Å². The van der Waals surface area contributed by atoms with Crippen LogP contribution >= 0.6 is 11.3 Å². The smallest absolute Gasteiger partial charge is 0.335 e. The van der Waals surface area contributed by atoms with Crippen molar-refractivity contribution in [3.05, 3.63) is 64.4 Å². The lowest BCUT2D eigenvalue weighted by Gasteiger charge is -2.38. The second-order valence-electron chi connectivity index (χ2n) is 10.8. The number of thiazole rings is 1. The minimum atomic E-state index is -1.02. The van der Waals surface area contributed by atoms with E-state index in [2.05, 4.69) is 16.0 Å². The molecule has 204 valence electrons. The molecule has 40 heavy (non-hydrogen) atoms. The molecule has 1 saturated carbocycles. The van der Waals surface area contributed by atoms with Gasteiger partial charge in [-0.2, -0.15) is 0 Å². The highest BCUT2D eigenvalue weighted by molar-refractivity contribution is 7.22. The van der Waals surface area contributed by atoms with Gasteiger partial charge in [-0.05, 0) is 62.8 Å². The molecule has 2 atom stereocenters. The van der Waals surface area contributed by atoms with E-state index in [1.54, 1.807) is 6.07 Å². The highest BCUT2D eigenvalue weighted by Crippen LogP contribution is 2.46. The number of nitrogens with zero attached hydrogens (tertiary/aromatic N) is 3. The van der Waals surface area contributed by atoms with E-state index in [1.165, 1.54) is 35.6 Å². The van der Waals surface area contributed by atoms with Gasteiger partial charge < -0.3 is 19.3 Å². The van der Waals surface area contributed by atoms with Crippen molar-refractivity contribution < 1.29 is 27.9 Å². The summed E-state index contributed by atoms with van der Waals surface area (Å²) >= 11 is 1.46. The Morgan fingerprint density at radius 3 is 2.55 bits per heavy atom. The minimum Gasteiger partial charge on any atom is -0.478 e. The number of halogens is 2. The number of terminal acetylenes is 1. The fourth-order valence-electron chi connectivity index (χ4n) is 6.19. The van der Waals surface area contributed by atoms with E-state index < -0.39 is 17.6 Å². The summed E-state index contributed by atoms with van der Waals surface area (Å²) in [7, 11) is 0. The van der Waals surface area contributed by atoms with Crippen LogP contribution in [-0.4, -0.2) is 39.4 Å². The van der Waals surface area contributed by atoms with Crippen molar-refractivity contribution in [2.24, 2.45) is 0 Å². The zero-order valence-corrected chi connectivity index (χ0v) is 22.2. The largest absolute Gasteiger partial charge is 0.478 e. The number of carboxylic acids is 1. The third-order valence-corrected chi connectivity index (χ3v) is 9.24. The van der Waals surface area contributed by atoms with Crippen LogP contribution in [0.1, 0.15) is 71.7 Å². The number of anilines is 1. The van der Waals surface area contributed by atoms with Crippen LogP contribution in [0.15, 0.2) is 34.9 Å². The summed E-state index contributed by atoms with van der Waals surface area (Å²) in [6.07, 6.45) is 11.1. The van der Waals surface area contributed by atoms with Gasteiger partial charge in [0.25, 0.3) is 0 Å². The van der Waals surface area contributed by atoms with E-state index in [4.69, 9.17) is 20.7 Å². The predicted molar refractivity (Wildman–Crippen MR) is 145 cm³/mol. The van der Waals surface area contributed by atoms with Crippen molar-refractivity contribution >= 4 is 32.7 Å². The topological polar surface area (TPSA) is 88.7 Å². The van der Waals surface area contributed by atoms with Crippen molar-refractivity contribution in [1.29, 1.82) is 0 Å². The fourth-order valence-corrected chi connectivity index (χ4v) is 7.36. The van der Waals surface area contributed by atoms with E-state index in [0.29, 0.717) is 22.4 Å². The van der Waals surface area contributed by atoms with Gasteiger partial charge in [0, 0.05) is 23.6 Å². The molecule has 10 heteroatoms. The van der Waals surface area contributed by atoms with Crippen LogP contribution in [0.2, 0.25) is 0 Å². The van der Waals surface area contributed by atoms with Gasteiger partial charge >= 0.3 is 5.97 Å². The SMILES string of the molecule is C#Cc1cc(C(=O)O)cc2sc(N3C4CCC3CC(OCc3c(-c5c(F)cccc5F)noc3C3CC3)C4)nc12. The quantitative estimate of drug-likeness (QED) is 0.258. The molecule has 7 nitrogen and oxygen atoms in total. The summed E-state index contributed by atoms with van der Waals surface area (Å²) in [5, 5.41) is 14.4. The van der Waals surface area contributed by atoms with Crippen molar-refractivity contribution in [3.63, 3.8) is 0 Å². The van der Waals surface area contributed by atoms with Gasteiger partial charge in [-0.15, -0.1) is 6.42 Å². The van der Waals surface area contributed by atoms with Crippen LogP contribution in [0.3, 0.4) is 0 Å². The van der Waals surface area contributed by atoms with Crippen LogP contribution in [0, 0.1) is 24.0 Å². The lowest BCUT2D eigenvalue weighted by atomic mass is 9.99. The number of piperidine rings is 1. The van der Waals surface area contributed by atoms with Crippen LogP contribution in [0.25, 0.3) is 21.5 Å². The molecule has 0 radical (unpaired) electrons. The van der Waals surface area contributed by atoms with Crippen LogP contribution in [-0.2, 0) is 11.3 Å². The van der Waals surface area contributed by atoms with Crippen molar-refractivity contribution in [3.8, 4) is 23.6 Å². The van der Waals surface area contributed by atoms with Crippen LogP contribution < -0.4 is 4.90 Å². The number of aromatic nitrogens is 2. The van der Waals surface area contributed by atoms with Crippen molar-refractivity contribution in [2.45, 2.75) is 69.2 Å². The molecular formula is C30H25F2N3O4S. The zero-order valence-electron chi connectivity index (χ0n) is 21.4. The number of ether oxygens (including phenoxy) is 1. The third-order valence-electron chi connectivity index (χ3n) is 8.23. The molecule has 7 rings (SSSR count). The number of benzene rings is 2. The first-order valence-corrected chi connectivity index (χ1v) is 14.2. The molecule has 3 aliphatic rings. The van der Waals surface area contributed by atoms with Gasteiger partial charge in [-0.3, -0.25) is 0 Å². The van der Waals surface area contributed by atoms with Crippen molar-refractivity contribution in [1.82, 2.24) is 10.1 Å². The Hall–Kier alpha value is -3.81. The van der Waals surface area contributed by atoms with E-state index in [-0.39, 0.29) is 47.5 Å². The first kappa shape index (κ1) is 25.2. The summed E-state index contributed by atoms with van der Waals surface area (Å²) in [4.78, 5) is 18.7. The number of hydrogen-bond acceptors (Lipinski definition) is 7. The average Bonchev–Trinajstić information content (AvgIpc) is 3.46. The molecule has 1 aliphatic carbocycles. The molecule has 2 bridgehead atoms. The van der Waals surface area contributed by atoms with Crippen LogP contribution in [0.5, 0.6) is 0 Å². The normalized spacial score (nSPS) is 22.1. The minimum absolute atomic E-state index is 0.0386. The molecule has 0 amide bonds. The Morgan fingerprint density at radius 2 is 1.90 bits per heavy atom. The highest BCUT2D eigenvalue weighted by Gasteiger charge is 2.43. The number of carboxylic acid groups (broad SMARTS) is 1. The van der Waals surface area contributed by atoms with Gasteiger partial charge in [0.1, 0.15) is 23.1 Å². The summed E-state index contributed by atoms with van der Waals surface area (Å²) in [6, 6.07) is 7.32. The number of rotatable bonds is 7. The van der Waals surface area contributed by atoms with E-state index in [0.717, 1.165) is 48.4 Å². The summed E-state index contributed by atoms with van der Waals surface area (Å²) in [5.74, 6) is 1.07. The van der Waals surface area contributed by atoms with Gasteiger partial charge in [0.15, 0.2) is 5.13 Å². The second kappa shape index (κ2) is 9.68. The molecule has 2 unspecified atom stereocenters. The van der Waals surface area contributed by atoms with Gasteiger partial charge in [-0.1, -0.05) is 28.5 Å². The molecule has 3 fully saturated rings. The third kappa shape index (κ3) is 4.25. The van der Waals surface area contributed by atoms with Gasteiger partial charge in [0.05, 0.1) is 39.6 Å². The van der Waals surface area contributed by atoms with E-state index in [1.807, 2.05) is 0 Å².